The van der Waals surface area contributed by atoms with Gasteiger partial charge in [0.25, 0.3) is 5.69 Å². The van der Waals surface area contributed by atoms with Crippen LogP contribution in [-0.4, -0.2) is 10.8 Å². The Morgan fingerprint density at radius 2 is 2.12 bits per heavy atom. The molecule has 0 unspecified atom stereocenters. The van der Waals surface area contributed by atoms with Crippen molar-refractivity contribution in [3.8, 4) is 0 Å². The van der Waals surface area contributed by atoms with Crippen LogP contribution in [0.15, 0.2) is 18.2 Å². The number of hydrogen-bond donors (Lipinski definition) is 1. The Hall–Kier alpha value is -1.91. The van der Waals surface area contributed by atoms with Crippen molar-refractivity contribution < 1.29 is 9.72 Å². The van der Waals surface area contributed by atoms with E-state index in [1.807, 2.05) is 0 Å². The van der Waals surface area contributed by atoms with Gasteiger partial charge in [0.1, 0.15) is 0 Å². The first-order chi connectivity index (χ1) is 7.91. The van der Waals surface area contributed by atoms with Crippen LogP contribution in [0, 0.1) is 16.0 Å². The van der Waals surface area contributed by atoms with Gasteiger partial charge >= 0.3 is 0 Å². The molecule has 5 nitrogen and oxygen atoms in total. The normalized spacial score (nSPS) is 10.5. The van der Waals surface area contributed by atoms with Crippen molar-refractivity contribution >= 4 is 11.6 Å². The smallest absolute Gasteiger partial charge is 0.269 e. The number of nitro groups is 1. The second kappa shape index (κ2) is 5.43. The first-order valence-corrected chi connectivity index (χ1v) is 5.49. The third kappa shape index (κ3) is 3.55. The molecule has 0 fully saturated rings. The molecule has 0 aliphatic carbocycles. The zero-order valence-corrected chi connectivity index (χ0v) is 9.97. The lowest BCUT2D eigenvalue weighted by Crippen LogP contribution is -2.14. The maximum atomic E-state index is 11.2. The van der Waals surface area contributed by atoms with Crippen LogP contribution in [0.25, 0.3) is 0 Å². The Labute approximate surface area is 99.8 Å². The van der Waals surface area contributed by atoms with Crippen molar-refractivity contribution in [1.29, 1.82) is 0 Å². The summed E-state index contributed by atoms with van der Waals surface area (Å²) in [6.07, 6.45) is 1.49. The average Bonchev–Trinajstić information content (AvgIpc) is 2.25. The molecule has 0 atom stereocenters. The zero-order valence-electron chi connectivity index (χ0n) is 9.97. The standard InChI is InChI=1S/C12H16N2O3/c1-8(2)3-4-9-7-10(14(16)17)5-6-11(9)12(13)15/h5-8H,3-4H2,1-2H3,(H2,13,15). The largest absolute Gasteiger partial charge is 0.366 e. The molecule has 1 aromatic carbocycles. The number of hydrogen-bond acceptors (Lipinski definition) is 3. The second-order valence-electron chi connectivity index (χ2n) is 4.40. The molecule has 92 valence electrons. The summed E-state index contributed by atoms with van der Waals surface area (Å²) in [7, 11) is 0. The molecule has 0 radical (unpaired) electrons. The Bertz CT molecular complexity index is 441. The number of carbonyl (C=O) groups is 1. The van der Waals surface area contributed by atoms with Crippen molar-refractivity contribution in [2.75, 3.05) is 0 Å². The Balaban J connectivity index is 3.07. The van der Waals surface area contributed by atoms with Crippen LogP contribution in [0.2, 0.25) is 0 Å². The molecule has 1 amide bonds. The highest BCUT2D eigenvalue weighted by atomic mass is 16.6. The SMILES string of the molecule is CC(C)CCc1cc([N+](=O)[O-])ccc1C(N)=O. The van der Waals surface area contributed by atoms with Crippen LogP contribution in [-0.2, 0) is 6.42 Å². The molecule has 0 heterocycles. The van der Waals surface area contributed by atoms with E-state index in [1.54, 1.807) is 0 Å². The van der Waals surface area contributed by atoms with E-state index < -0.39 is 10.8 Å². The number of nitrogens with zero attached hydrogens (tertiary/aromatic N) is 1. The molecule has 17 heavy (non-hydrogen) atoms. The van der Waals surface area contributed by atoms with Crippen LogP contribution in [0.4, 0.5) is 5.69 Å². The van der Waals surface area contributed by atoms with Gasteiger partial charge in [-0.25, -0.2) is 0 Å². The highest BCUT2D eigenvalue weighted by Gasteiger charge is 2.14. The Morgan fingerprint density at radius 1 is 1.47 bits per heavy atom. The third-order valence-electron chi connectivity index (χ3n) is 2.56. The number of non-ortho nitro benzene ring substituents is 1. The summed E-state index contributed by atoms with van der Waals surface area (Å²) in [5.41, 5.74) is 6.26. The van der Waals surface area contributed by atoms with Gasteiger partial charge in [-0.1, -0.05) is 13.8 Å². The molecule has 0 saturated heterocycles. The van der Waals surface area contributed by atoms with Gasteiger partial charge in [0.15, 0.2) is 0 Å². The summed E-state index contributed by atoms with van der Waals surface area (Å²) in [5, 5.41) is 10.7. The summed E-state index contributed by atoms with van der Waals surface area (Å²) in [5.74, 6) is -0.0753. The van der Waals surface area contributed by atoms with Crippen molar-refractivity contribution in [1.82, 2.24) is 0 Å². The number of rotatable bonds is 5. The monoisotopic (exact) mass is 236 g/mol. The molecule has 0 aliphatic heterocycles. The molecule has 5 heteroatoms. The van der Waals surface area contributed by atoms with Crippen molar-refractivity contribution in [3.63, 3.8) is 0 Å². The minimum atomic E-state index is -0.543. The summed E-state index contributed by atoms with van der Waals surface area (Å²) in [6.45, 7) is 4.11. The van der Waals surface area contributed by atoms with Crippen LogP contribution >= 0.6 is 0 Å². The van der Waals surface area contributed by atoms with Crippen molar-refractivity contribution in [2.24, 2.45) is 11.7 Å². The molecule has 0 bridgehead atoms. The maximum absolute atomic E-state index is 11.2. The van der Waals surface area contributed by atoms with Crippen LogP contribution in [0.1, 0.15) is 36.2 Å². The first-order valence-electron chi connectivity index (χ1n) is 5.49. The van der Waals surface area contributed by atoms with E-state index in [9.17, 15) is 14.9 Å². The molecular weight excluding hydrogens is 220 g/mol. The Morgan fingerprint density at radius 3 is 2.59 bits per heavy atom. The van der Waals surface area contributed by atoms with E-state index in [1.165, 1.54) is 18.2 Å². The predicted octanol–water partition coefficient (Wildman–Crippen LogP) is 2.28. The van der Waals surface area contributed by atoms with Gasteiger partial charge in [0, 0.05) is 17.7 Å². The predicted molar refractivity (Wildman–Crippen MR) is 64.8 cm³/mol. The van der Waals surface area contributed by atoms with Crippen molar-refractivity contribution in [2.45, 2.75) is 26.7 Å². The van der Waals surface area contributed by atoms with Gasteiger partial charge in [0.05, 0.1) is 4.92 Å². The zero-order chi connectivity index (χ0) is 13.0. The van der Waals surface area contributed by atoms with E-state index in [4.69, 9.17) is 5.73 Å². The lowest BCUT2D eigenvalue weighted by atomic mass is 9.97. The molecule has 1 rings (SSSR count). The molecule has 0 spiro atoms. The lowest BCUT2D eigenvalue weighted by molar-refractivity contribution is -0.384. The van der Waals surface area contributed by atoms with Crippen molar-refractivity contribution in [3.05, 3.63) is 39.4 Å². The third-order valence-corrected chi connectivity index (χ3v) is 2.56. The minimum absolute atomic E-state index is 0.00578. The summed E-state index contributed by atoms with van der Waals surface area (Å²) in [4.78, 5) is 21.4. The minimum Gasteiger partial charge on any atom is -0.366 e. The highest BCUT2D eigenvalue weighted by molar-refractivity contribution is 5.94. The fraction of sp³-hybridized carbons (Fsp3) is 0.417. The van der Waals surface area contributed by atoms with Crippen LogP contribution in [0.3, 0.4) is 0 Å². The van der Waals surface area contributed by atoms with E-state index in [-0.39, 0.29) is 5.69 Å². The van der Waals surface area contributed by atoms with Gasteiger partial charge in [-0.05, 0) is 30.4 Å². The van der Waals surface area contributed by atoms with Gasteiger partial charge in [0.2, 0.25) is 5.91 Å². The van der Waals surface area contributed by atoms with E-state index in [0.29, 0.717) is 23.5 Å². The van der Waals surface area contributed by atoms with Gasteiger partial charge in [-0.2, -0.15) is 0 Å². The quantitative estimate of drug-likeness (QED) is 0.628. The number of aryl methyl sites for hydroxylation is 1. The second-order valence-corrected chi connectivity index (χ2v) is 4.40. The average molecular weight is 236 g/mol. The molecule has 0 aromatic heterocycles. The summed E-state index contributed by atoms with van der Waals surface area (Å²) < 4.78 is 0. The molecule has 0 aliphatic rings. The summed E-state index contributed by atoms with van der Waals surface area (Å²) >= 11 is 0. The van der Waals surface area contributed by atoms with Gasteiger partial charge in [-0.3, -0.25) is 14.9 Å². The number of nitro benzene ring substituents is 1. The van der Waals surface area contributed by atoms with Gasteiger partial charge in [-0.15, -0.1) is 0 Å². The molecule has 1 aromatic rings. The maximum Gasteiger partial charge on any atom is 0.269 e. The number of nitrogens with two attached hydrogens (primary N) is 1. The number of carbonyl (C=O) groups excluding carboxylic acids is 1. The molecular formula is C12H16N2O3. The lowest BCUT2D eigenvalue weighted by Gasteiger charge is -2.08. The number of benzene rings is 1. The topological polar surface area (TPSA) is 86.2 Å². The van der Waals surface area contributed by atoms with E-state index in [2.05, 4.69) is 13.8 Å². The fourth-order valence-corrected chi connectivity index (χ4v) is 1.59. The number of amides is 1. The van der Waals surface area contributed by atoms with Crippen LogP contribution in [0.5, 0.6) is 0 Å². The number of primary amides is 1. The summed E-state index contributed by atoms with van der Waals surface area (Å²) in [6, 6.07) is 4.16. The Kier molecular flexibility index (Phi) is 4.20. The highest BCUT2D eigenvalue weighted by Crippen LogP contribution is 2.20. The first kappa shape index (κ1) is 13.2. The van der Waals surface area contributed by atoms with E-state index >= 15 is 0 Å². The molecule has 0 saturated carbocycles. The van der Waals surface area contributed by atoms with Crippen LogP contribution < -0.4 is 5.73 Å². The fourth-order valence-electron chi connectivity index (χ4n) is 1.59. The van der Waals surface area contributed by atoms with Gasteiger partial charge < -0.3 is 5.73 Å². The molecule has 2 N–H and O–H groups in total. The van der Waals surface area contributed by atoms with E-state index in [0.717, 1.165) is 6.42 Å².